The number of hydrogen-bond acceptors (Lipinski definition) is 4. The van der Waals surface area contributed by atoms with Crippen LogP contribution in [0.25, 0.3) is 0 Å². The van der Waals surface area contributed by atoms with Crippen molar-refractivity contribution in [3.05, 3.63) is 28.8 Å². The van der Waals surface area contributed by atoms with Gasteiger partial charge in [0.2, 0.25) is 0 Å². The molecule has 1 N–H and O–H groups in total. The zero-order valence-electron chi connectivity index (χ0n) is 11.8. The molecule has 0 saturated carbocycles. The molecule has 21 heavy (non-hydrogen) atoms. The van der Waals surface area contributed by atoms with E-state index in [0.29, 0.717) is 31.1 Å². The monoisotopic (exact) mass is 310 g/mol. The van der Waals surface area contributed by atoms with Gasteiger partial charge in [-0.3, -0.25) is 9.69 Å². The molecular weight excluding hydrogens is 292 g/mol. The predicted molar refractivity (Wildman–Crippen MR) is 79.7 cm³/mol. The molecule has 1 amide bonds. The number of hydrogen-bond donors (Lipinski definition) is 1. The standard InChI is InChI=1S/C15H19ClN2O3/c16-12-1-2-13-11(9-12)10-14(21-13)15(20)18-5-3-17(4-6-18)7-8-19/h1-2,9,14,19H,3-8,10H2. The molecule has 0 spiro atoms. The molecule has 0 aliphatic carbocycles. The summed E-state index contributed by atoms with van der Waals surface area (Å²) < 4.78 is 5.75. The summed E-state index contributed by atoms with van der Waals surface area (Å²) in [5.41, 5.74) is 1.000. The molecule has 2 heterocycles. The van der Waals surface area contributed by atoms with Crippen molar-refractivity contribution in [1.82, 2.24) is 9.80 Å². The fraction of sp³-hybridized carbons (Fsp3) is 0.533. The van der Waals surface area contributed by atoms with Gasteiger partial charge in [-0.05, 0) is 23.8 Å². The summed E-state index contributed by atoms with van der Waals surface area (Å²) in [5.74, 6) is 0.808. The maximum Gasteiger partial charge on any atom is 0.264 e. The number of piperazine rings is 1. The first-order valence-electron chi connectivity index (χ1n) is 7.24. The van der Waals surface area contributed by atoms with Crippen molar-refractivity contribution >= 4 is 17.5 Å². The van der Waals surface area contributed by atoms with Gasteiger partial charge in [0.1, 0.15) is 5.75 Å². The minimum atomic E-state index is -0.428. The maximum absolute atomic E-state index is 12.5. The molecule has 1 fully saturated rings. The molecule has 1 aromatic rings. The highest BCUT2D eigenvalue weighted by atomic mass is 35.5. The molecule has 1 unspecified atom stereocenters. The number of carbonyl (C=O) groups is 1. The first-order valence-corrected chi connectivity index (χ1v) is 7.62. The van der Waals surface area contributed by atoms with Crippen molar-refractivity contribution in [1.29, 1.82) is 0 Å². The lowest BCUT2D eigenvalue weighted by atomic mass is 10.1. The summed E-state index contributed by atoms with van der Waals surface area (Å²) >= 11 is 5.97. The molecule has 1 atom stereocenters. The van der Waals surface area contributed by atoms with E-state index in [-0.39, 0.29) is 12.5 Å². The summed E-state index contributed by atoms with van der Waals surface area (Å²) in [6, 6.07) is 5.47. The molecule has 0 bridgehead atoms. The molecule has 2 aliphatic rings. The SMILES string of the molecule is O=C(C1Cc2cc(Cl)ccc2O1)N1CCN(CCO)CC1. The Morgan fingerprint density at radius 1 is 1.33 bits per heavy atom. The van der Waals surface area contributed by atoms with Crippen LogP contribution in [0, 0.1) is 0 Å². The highest BCUT2D eigenvalue weighted by Crippen LogP contribution is 2.31. The zero-order chi connectivity index (χ0) is 14.8. The Kier molecular flexibility index (Phi) is 4.33. The second-order valence-electron chi connectivity index (χ2n) is 5.45. The Morgan fingerprint density at radius 2 is 2.10 bits per heavy atom. The normalized spacial score (nSPS) is 22.0. The van der Waals surface area contributed by atoms with Gasteiger partial charge in [0.25, 0.3) is 5.91 Å². The first kappa shape index (κ1) is 14.6. The van der Waals surface area contributed by atoms with Crippen LogP contribution in [0.4, 0.5) is 0 Å². The van der Waals surface area contributed by atoms with E-state index in [0.717, 1.165) is 24.4 Å². The van der Waals surface area contributed by atoms with E-state index in [9.17, 15) is 4.79 Å². The lowest BCUT2D eigenvalue weighted by Crippen LogP contribution is -2.52. The van der Waals surface area contributed by atoms with Gasteiger partial charge >= 0.3 is 0 Å². The lowest BCUT2D eigenvalue weighted by Gasteiger charge is -2.35. The molecule has 0 aromatic heterocycles. The van der Waals surface area contributed by atoms with Gasteiger partial charge in [-0.2, -0.15) is 0 Å². The number of amides is 1. The van der Waals surface area contributed by atoms with Crippen LogP contribution < -0.4 is 4.74 Å². The smallest absolute Gasteiger partial charge is 0.264 e. The molecule has 3 rings (SSSR count). The Bertz CT molecular complexity index is 530. The van der Waals surface area contributed by atoms with Crippen molar-refractivity contribution in [3.8, 4) is 5.75 Å². The second-order valence-corrected chi connectivity index (χ2v) is 5.89. The Hall–Kier alpha value is -1.30. The van der Waals surface area contributed by atoms with E-state index >= 15 is 0 Å². The molecule has 0 radical (unpaired) electrons. The Labute approximate surface area is 129 Å². The summed E-state index contributed by atoms with van der Waals surface area (Å²) in [6.07, 6.45) is 0.161. The highest BCUT2D eigenvalue weighted by molar-refractivity contribution is 6.30. The number of β-amino-alcohol motifs (C(OH)–C–C–N with tert-alkyl or cyclic N) is 1. The van der Waals surface area contributed by atoms with Crippen molar-refractivity contribution in [3.63, 3.8) is 0 Å². The number of nitrogens with zero attached hydrogens (tertiary/aromatic N) is 2. The average molecular weight is 311 g/mol. The third-order valence-corrected chi connectivity index (χ3v) is 4.31. The fourth-order valence-electron chi connectivity index (χ4n) is 2.89. The molecular formula is C15H19ClN2O3. The number of fused-ring (bicyclic) bond motifs is 1. The van der Waals surface area contributed by atoms with Gasteiger partial charge in [0.15, 0.2) is 6.10 Å². The minimum absolute atomic E-state index is 0.0472. The summed E-state index contributed by atoms with van der Waals surface area (Å²) in [7, 11) is 0. The first-order chi connectivity index (χ1) is 10.2. The van der Waals surface area contributed by atoms with Crippen molar-refractivity contribution in [2.24, 2.45) is 0 Å². The molecule has 5 nitrogen and oxygen atoms in total. The topological polar surface area (TPSA) is 53.0 Å². The van der Waals surface area contributed by atoms with Crippen molar-refractivity contribution in [2.75, 3.05) is 39.3 Å². The van der Waals surface area contributed by atoms with Gasteiger partial charge in [-0.25, -0.2) is 0 Å². The highest BCUT2D eigenvalue weighted by Gasteiger charge is 2.33. The number of aliphatic hydroxyl groups excluding tert-OH is 1. The molecule has 1 aromatic carbocycles. The number of carbonyl (C=O) groups excluding carboxylic acids is 1. The fourth-order valence-corrected chi connectivity index (χ4v) is 3.09. The van der Waals surface area contributed by atoms with Crippen LogP contribution in [0.15, 0.2) is 18.2 Å². The van der Waals surface area contributed by atoms with Crippen molar-refractivity contribution in [2.45, 2.75) is 12.5 Å². The van der Waals surface area contributed by atoms with Crippen molar-refractivity contribution < 1.29 is 14.6 Å². The van der Waals surface area contributed by atoms with Gasteiger partial charge in [-0.15, -0.1) is 0 Å². The number of benzene rings is 1. The van der Waals surface area contributed by atoms with Gasteiger partial charge in [-0.1, -0.05) is 11.6 Å². The Balaban J connectivity index is 1.58. The maximum atomic E-state index is 12.5. The van der Waals surface area contributed by atoms with E-state index in [1.165, 1.54) is 0 Å². The second kappa shape index (κ2) is 6.22. The lowest BCUT2D eigenvalue weighted by molar-refractivity contribution is -0.139. The molecule has 1 saturated heterocycles. The van der Waals surface area contributed by atoms with Crippen LogP contribution in [0.3, 0.4) is 0 Å². The zero-order valence-corrected chi connectivity index (χ0v) is 12.6. The Morgan fingerprint density at radius 3 is 2.81 bits per heavy atom. The van der Waals surface area contributed by atoms with Crippen LogP contribution in [-0.4, -0.2) is 66.2 Å². The van der Waals surface area contributed by atoms with Crippen LogP contribution in [0.2, 0.25) is 5.02 Å². The van der Waals surface area contributed by atoms with E-state index in [4.69, 9.17) is 21.4 Å². The summed E-state index contributed by atoms with van der Waals surface area (Å²) in [6.45, 7) is 3.82. The van der Waals surface area contributed by atoms with Gasteiger partial charge < -0.3 is 14.7 Å². The summed E-state index contributed by atoms with van der Waals surface area (Å²) in [5, 5.41) is 9.61. The van der Waals surface area contributed by atoms with Gasteiger partial charge in [0, 0.05) is 44.2 Å². The largest absolute Gasteiger partial charge is 0.480 e. The van der Waals surface area contributed by atoms with Crippen LogP contribution in [-0.2, 0) is 11.2 Å². The van der Waals surface area contributed by atoms with Gasteiger partial charge in [0.05, 0.1) is 6.61 Å². The van der Waals surface area contributed by atoms with Crippen LogP contribution >= 0.6 is 11.6 Å². The van der Waals surface area contributed by atoms with E-state index in [1.54, 1.807) is 6.07 Å². The predicted octanol–water partition coefficient (Wildman–Crippen LogP) is 0.780. The quantitative estimate of drug-likeness (QED) is 0.896. The average Bonchev–Trinajstić information content (AvgIpc) is 2.90. The van der Waals surface area contributed by atoms with E-state index in [1.807, 2.05) is 17.0 Å². The van der Waals surface area contributed by atoms with Crippen LogP contribution in [0.5, 0.6) is 5.75 Å². The minimum Gasteiger partial charge on any atom is -0.480 e. The number of ether oxygens (including phenoxy) is 1. The third-order valence-electron chi connectivity index (χ3n) is 4.07. The molecule has 6 heteroatoms. The third kappa shape index (κ3) is 3.15. The number of rotatable bonds is 3. The molecule has 2 aliphatic heterocycles. The van der Waals surface area contributed by atoms with E-state index < -0.39 is 6.10 Å². The summed E-state index contributed by atoms with van der Waals surface area (Å²) in [4.78, 5) is 16.5. The number of halogens is 1. The molecule has 114 valence electrons. The number of aliphatic hydroxyl groups is 1. The van der Waals surface area contributed by atoms with E-state index in [2.05, 4.69) is 4.90 Å². The van der Waals surface area contributed by atoms with Crippen LogP contribution in [0.1, 0.15) is 5.56 Å².